The van der Waals surface area contributed by atoms with Crippen molar-refractivity contribution in [3.8, 4) is 0 Å². The van der Waals surface area contributed by atoms with Crippen molar-refractivity contribution < 1.29 is 0 Å². The van der Waals surface area contributed by atoms with Crippen molar-refractivity contribution in [3.63, 3.8) is 0 Å². The SMILES string of the molecule is C=C/C=C(/C=C\C)C(\N=C/C)=N\C=C. The van der Waals surface area contributed by atoms with E-state index in [0.717, 1.165) is 5.57 Å². The van der Waals surface area contributed by atoms with Gasteiger partial charge in [-0.3, -0.25) is 0 Å². The molecule has 0 atom stereocenters. The highest BCUT2D eigenvalue weighted by Gasteiger charge is 1.98. The second-order valence-corrected chi connectivity index (χ2v) is 2.38. The van der Waals surface area contributed by atoms with Gasteiger partial charge in [-0.1, -0.05) is 37.5 Å². The summed E-state index contributed by atoms with van der Waals surface area (Å²) < 4.78 is 0. The van der Waals surface area contributed by atoms with Crippen LogP contribution in [0, 0.1) is 0 Å². The van der Waals surface area contributed by atoms with Gasteiger partial charge in [0.2, 0.25) is 0 Å². The molecular formula is C12H16N2. The van der Waals surface area contributed by atoms with Gasteiger partial charge in [0.15, 0.2) is 5.84 Å². The molecule has 0 radical (unpaired) electrons. The van der Waals surface area contributed by atoms with E-state index in [1.807, 2.05) is 32.1 Å². The van der Waals surface area contributed by atoms with E-state index in [1.54, 1.807) is 12.3 Å². The average molecular weight is 188 g/mol. The van der Waals surface area contributed by atoms with Gasteiger partial charge in [-0.2, -0.15) is 0 Å². The third-order valence-electron chi connectivity index (χ3n) is 1.37. The van der Waals surface area contributed by atoms with Crippen LogP contribution in [0.1, 0.15) is 13.8 Å². The van der Waals surface area contributed by atoms with Crippen LogP contribution in [0.3, 0.4) is 0 Å². The fourth-order valence-electron chi connectivity index (χ4n) is 0.902. The first-order chi connectivity index (χ1) is 6.79. The van der Waals surface area contributed by atoms with Gasteiger partial charge in [0.1, 0.15) is 0 Å². The molecule has 2 nitrogen and oxygen atoms in total. The number of rotatable bonds is 4. The van der Waals surface area contributed by atoms with Gasteiger partial charge in [0.25, 0.3) is 0 Å². The number of aliphatic imine (C=N–C) groups is 2. The molecule has 14 heavy (non-hydrogen) atoms. The molecule has 0 unspecified atom stereocenters. The monoisotopic (exact) mass is 188 g/mol. The minimum absolute atomic E-state index is 0.639. The van der Waals surface area contributed by atoms with Crippen LogP contribution in [-0.4, -0.2) is 12.1 Å². The molecule has 0 rings (SSSR count). The minimum Gasteiger partial charge on any atom is -0.241 e. The predicted octanol–water partition coefficient (Wildman–Crippen LogP) is 3.31. The van der Waals surface area contributed by atoms with Crippen LogP contribution in [-0.2, 0) is 0 Å². The molecule has 0 aromatic carbocycles. The summed E-state index contributed by atoms with van der Waals surface area (Å²) in [6.07, 6.45) is 10.6. The van der Waals surface area contributed by atoms with E-state index in [2.05, 4.69) is 23.1 Å². The maximum absolute atomic E-state index is 4.14. The molecule has 0 amide bonds. The molecule has 0 fully saturated rings. The first-order valence-electron chi connectivity index (χ1n) is 4.43. The van der Waals surface area contributed by atoms with Crippen LogP contribution in [0.2, 0.25) is 0 Å². The van der Waals surface area contributed by atoms with E-state index in [4.69, 9.17) is 0 Å². The Morgan fingerprint density at radius 1 is 1.21 bits per heavy atom. The van der Waals surface area contributed by atoms with Crippen molar-refractivity contribution in [3.05, 3.63) is 49.2 Å². The fraction of sp³-hybridized carbons (Fsp3) is 0.167. The molecule has 0 aromatic heterocycles. The summed E-state index contributed by atoms with van der Waals surface area (Å²) in [4.78, 5) is 8.20. The van der Waals surface area contributed by atoms with Crippen molar-refractivity contribution in [2.75, 3.05) is 0 Å². The maximum Gasteiger partial charge on any atom is 0.158 e. The molecule has 0 spiro atoms. The second-order valence-electron chi connectivity index (χ2n) is 2.38. The van der Waals surface area contributed by atoms with Crippen LogP contribution < -0.4 is 0 Å². The standard InChI is InChI=1S/C12H16N2/c1-5-9-11(10-6-2)12(13-7-3)14-8-4/h5-10H,1,3H2,2,4H3/b10-6-,11-9-,13-12-,14-8-. The van der Waals surface area contributed by atoms with E-state index in [0.29, 0.717) is 5.84 Å². The Morgan fingerprint density at radius 3 is 2.36 bits per heavy atom. The van der Waals surface area contributed by atoms with E-state index >= 15 is 0 Å². The summed E-state index contributed by atoms with van der Waals surface area (Å²) in [7, 11) is 0. The van der Waals surface area contributed by atoms with Gasteiger partial charge in [-0.05, 0) is 13.8 Å². The first-order valence-corrected chi connectivity index (χ1v) is 4.43. The molecule has 0 aliphatic carbocycles. The van der Waals surface area contributed by atoms with E-state index in [9.17, 15) is 0 Å². The molecule has 0 saturated heterocycles. The highest BCUT2D eigenvalue weighted by Crippen LogP contribution is 2.03. The molecule has 0 bridgehead atoms. The van der Waals surface area contributed by atoms with Crippen LogP contribution in [0.25, 0.3) is 0 Å². The highest BCUT2D eigenvalue weighted by atomic mass is 14.9. The van der Waals surface area contributed by atoms with Gasteiger partial charge < -0.3 is 0 Å². The summed E-state index contributed by atoms with van der Waals surface area (Å²) in [6, 6.07) is 0. The van der Waals surface area contributed by atoms with Crippen LogP contribution in [0.5, 0.6) is 0 Å². The van der Waals surface area contributed by atoms with Crippen molar-refractivity contribution in [2.45, 2.75) is 13.8 Å². The molecule has 74 valence electrons. The first kappa shape index (κ1) is 12.3. The van der Waals surface area contributed by atoms with Crippen molar-refractivity contribution >= 4 is 12.1 Å². The Labute approximate surface area is 85.8 Å². The number of hydrogen-bond acceptors (Lipinski definition) is 1. The lowest BCUT2D eigenvalue weighted by Gasteiger charge is -1.98. The molecule has 0 saturated carbocycles. The van der Waals surface area contributed by atoms with Crippen molar-refractivity contribution in [2.24, 2.45) is 9.98 Å². The number of amidine groups is 1. The molecule has 2 heteroatoms. The summed E-state index contributed by atoms with van der Waals surface area (Å²) in [5, 5.41) is 0. The van der Waals surface area contributed by atoms with Gasteiger partial charge in [0, 0.05) is 18.0 Å². The Hall–Kier alpha value is -1.70. The van der Waals surface area contributed by atoms with Gasteiger partial charge in [0.05, 0.1) is 0 Å². The van der Waals surface area contributed by atoms with Crippen molar-refractivity contribution in [1.82, 2.24) is 0 Å². The molecule has 0 aliphatic rings. The van der Waals surface area contributed by atoms with Gasteiger partial charge in [-0.15, -0.1) is 0 Å². The summed E-state index contributed by atoms with van der Waals surface area (Å²) in [5.41, 5.74) is 0.917. The Morgan fingerprint density at radius 2 is 1.93 bits per heavy atom. The van der Waals surface area contributed by atoms with Crippen molar-refractivity contribution in [1.29, 1.82) is 0 Å². The normalized spacial score (nSPS) is 13.9. The highest BCUT2D eigenvalue weighted by molar-refractivity contribution is 6.05. The van der Waals surface area contributed by atoms with Crippen LogP contribution in [0.15, 0.2) is 59.2 Å². The zero-order valence-corrected chi connectivity index (χ0v) is 8.77. The Bertz CT molecular complexity index is 272. The van der Waals surface area contributed by atoms with E-state index < -0.39 is 0 Å². The zero-order valence-electron chi connectivity index (χ0n) is 8.77. The molecular weight excluding hydrogens is 172 g/mol. The number of allylic oxidation sites excluding steroid dienone is 3. The summed E-state index contributed by atoms with van der Waals surface area (Å²) in [5.74, 6) is 0.639. The van der Waals surface area contributed by atoms with Gasteiger partial charge in [-0.25, -0.2) is 9.98 Å². The lowest BCUT2D eigenvalue weighted by atomic mass is 10.2. The van der Waals surface area contributed by atoms with Crippen LogP contribution in [0.4, 0.5) is 0 Å². The third-order valence-corrected chi connectivity index (χ3v) is 1.37. The molecule has 0 aliphatic heterocycles. The predicted molar refractivity (Wildman–Crippen MR) is 64.9 cm³/mol. The number of nitrogens with zero attached hydrogens (tertiary/aromatic N) is 2. The Kier molecular flexibility index (Phi) is 6.96. The third kappa shape index (κ3) is 4.36. The average Bonchev–Trinajstić information content (AvgIpc) is 2.17. The van der Waals surface area contributed by atoms with E-state index in [1.165, 1.54) is 6.20 Å². The smallest absolute Gasteiger partial charge is 0.158 e. The maximum atomic E-state index is 4.14. The lowest BCUT2D eigenvalue weighted by Crippen LogP contribution is -1.96. The Balaban J connectivity index is 5.12. The van der Waals surface area contributed by atoms with Crippen LogP contribution >= 0.6 is 0 Å². The molecule has 0 N–H and O–H groups in total. The second kappa shape index (κ2) is 7.92. The van der Waals surface area contributed by atoms with Gasteiger partial charge >= 0.3 is 0 Å². The largest absolute Gasteiger partial charge is 0.241 e. The van der Waals surface area contributed by atoms with E-state index in [-0.39, 0.29) is 0 Å². The fourth-order valence-corrected chi connectivity index (χ4v) is 0.902. The summed E-state index contributed by atoms with van der Waals surface area (Å²) in [6.45, 7) is 11.0. The molecule has 0 aromatic rings. The minimum atomic E-state index is 0.639. The topological polar surface area (TPSA) is 24.7 Å². The lowest BCUT2D eigenvalue weighted by molar-refractivity contribution is 1.48. The quantitative estimate of drug-likeness (QED) is 0.367. The zero-order chi connectivity index (χ0) is 10.8. The molecule has 0 heterocycles. The number of hydrogen-bond donors (Lipinski definition) is 0. The summed E-state index contributed by atoms with van der Waals surface area (Å²) >= 11 is 0.